The molecule has 0 amide bonds. The van der Waals surface area contributed by atoms with E-state index in [1.807, 2.05) is 21.1 Å². The first-order chi connectivity index (χ1) is 41.1. The highest BCUT2D eigenvalue weighted by atomic mass is 16.7. The highest BCUT2D eigenvalue weighted by Crippen LogP contribution is 2.16. The molecule has 0 fully saturated rings. The predicted octanol–water partition coefficient (Wildman–Crippen LogP) is 19.4. The first-order valence-electron chi connectivity index (χ1n) is 33.5. The second kappa shape index (κ2) is 64.2. The highest BCUT2D eigenvalue weighted by Gasteiger charge is 2.22. The van der Waals surface area contributed by atoms with Gasteiger partial charge in [-0.15, -0.1) is 0 Å². The molecule has 9 heteroatoms. The van der Waals surface area contributed by atoms with Crippen LogP contribution >= 0.6 is 0 Å². The van der Waals surface area contributed by atoms with E-state index in [1.165, 1.54) is 109 Å². The van der Waals surface area contributed by atoms with Crippen LogP contribution in [0.4, 0.5) is 0 Å². The van der Waals surface area contributed by atoms with Crippen LogP contribution in [-0.2, 0) is 33.3 Å². The molecular weight excluding hydrogens is 1040 g/mol. The van der Waals surface area contributed by atoms with Gasteiger partial charge in [-0.25, -0.2) is 0 Å². The summed E-state index contributed by atoms with van der Waals surface area (Å²) in [5, 5.41) is 11.8. The number of carbonyl (C=O) groups excluding carboxylic acids is 3. The second-order valence-corrected chi connectivity index (χ2v) is 23.0. The Morgan fingerprint density at radius 2 is 0.679 bits per heavy atom. The molecule has 2 unspecified atom stereocenters. The summed E-state index contributed by atoms with van der Waals surface area (Å²) in [5.74, 6) is -2.35. The zero-order valence-electron chi connectivity index (χ0n) is 54.2. The van der Waals surface area contributed by atoms with Crippen LogP contribution in [0.1, 0.15) is 251 Å². The van der Waals surface area contributed by atoms with Gasteiger partial charge in [-0.1, -0.05) is 282 Å². The Morgan fingerprint density at radius 1 is 0.369 bits per heavy atom. The first kappa shape index (κ1) is 79.2. The molecule has 2 atom stereocenters. The maximum atomic E-state index is 12.9. The summed E-state index contributed by atoms with van der Waals surface area (Å²) >= 11 is 0. The number of carboxylic acid groups (broad SMARTS) is 1. The molecular formula is C75H123NO8. The summed E-state index contributed by atoms with van der Waals surface area (Å²) in [6.45, 7) is 4.59. The second-order valence-electron chi connectivity index (χ2n) is 23.0. The van der Waals surface area contributed by atoms with Crippen LogP contribution in [0.3, 0.4) is 0 Å². The molecule has 0 saturated heterocycles. The van der Waals surface area contributed by atoms with E-state index >= 15 is 0 Å². The summed E-state index contributed by atoms with van der Waals surface area (Å²) in [6, 6.07) is 0. The van der Waals surface area contributed by atoms with Crippen molar-refractivity contribution in [2.24, 2.45) is 0 Å². The van der Waals surface area contributed by atoms with Gasteiger partial charge in [-0.2, -0.15) is 0 Å². The average molecular weight is 1170 g/mol. The zero-order valence-corrected chi connectivity index (χ0v) is 54.2. The van der Waals surface area contributed by atoms with Crippen molar-refractivity contribution in [3.05, 3.63) is 146 Å². The summed E-state index contributed by atoms with van der Waals surface area (Å²) in [6.07, 6.45) is 90.7. The van der Waals surface area contributed by atoms with E-state index in [0.717, 1.165) is 109 Å². The molecule has 0 heterocycles. The van der Waals surface area contributed by atoms with Crippen molar-refractivity contribution in [1.82, 2.24) is 0 Å². The van der Waals surface area contributed by atoms with E-state index in [2.05, 4.69) is 160 Å². The smallest absolute Gasteiger partial charge is 0.306 e. The zero-order chi connectivity index (χ0) is 61.2. The van der Waals surface area contributed by atoms with Crippen molar-refractivity contribution in [3.8, 4) is 0 Å². The number of ether oxygens (including phenoxy) is 4. The minimum absolute atomic E-state index is 0.133. The third kappa shape index (κ3) is 64.7. The van der Waals surface area contributed by atoms with E-state index in [1.54, 1.807) is 0 Å². The maximum absolute atomic E-state index is 12.9. The molecule has 0 rings (SSSR count). The number of allylic oxidation sites excluding steroid dienone is 24. The fourth-order valence-electron chi connectivity index (χ4n) is 8.75. The molecule has 0 bridgehead atoms. The third-order valence-electron chi connectivity index (χ3n) is 13.9. The minimum atomic E-state index is -1.64. The van der Waals surface area contributed by atoms with Crippen LogP contribution in [0.15, 0.2) is 146 Å². The molecule has 476 valence electrons. The maximum Gasteiger partial charge on any atom is 0.306 e. The average Bonchev–Trinajstić information content (AvgIpc) is 3.52. The van der Waals surface area contributed by atoms with Crippen LogP contribution in [0.25, 0.3) is 0 Å². The molecule has 0 aromatic heterocycles. The molecule has 0 aromatic carbocycles. The van der Waals surface area contributed by atoms with E-state index in [4.69, 9.17) is 18.9 Å². The standard InChI is InChI=1S/C75H123NO8/c1-6-8-10-12-14-16-18-20-22-24-26-28-29-30-31-32-33-34-35-36-37-38-39-40-41-42-43-44-45-46-48-50-52-54-56-58-60-62-64-66-73(78)84-71(70-83-75(74(79)80)81-68-67-76(3,4)5)69-82-72(77)65-63-61-59-57-55-53-51-49-47-27-25-23-21-19-17-15-13-11-9-7-2/h8,10,14,16,20,22,26,28,30-31,33-34,36-37,39-40,42-43,45-46,50,52,56,58,71,75H,6-7,9,11-13,15,17-19,21,23-25,27,29,32,35,38,41,44,47-49,51,53-55,57,59-70H2,1-5H3/b10-8-,16-14-,22-20-,28-26-,31-30-,34-33-,37-36-,40-39-,43-42-,46-45-,52-50-,58-56-. The molecule has 0 radical (unpaired) electrons. The Balaban J connectivity index is 4.28. The van der Waals surface area contributed by atoms with Crippen LogP contribution < -0.4 is 5.11 Å². The Bertz CT molecular complexity index is 1890. The predicted molar refractivity (Wildman–Crippen MR) is 356 cm³/mol. The van der Waals surface area contributed by atoms with Gasteiger partial charge in [0.25, 0.3) is 0 Å². The molecule has 0 aliphatic rings. The monoisotopic (exact) mass is 1170 g/mol. The SMILES string of the molecule is CC/C=C\C/C=C\C/C=C\C/C=C\C/C=C\C/C=C\C/C=C\C/C=C\C/C=C\C/C=C\C/C=C\C/C=C\CCCCC(=O)OC(COC(=O)CCCCCCCCCCCCCCCCCCCCCC)COC(OCC[N+](C)(C)C)C(=O)[O-]. The summed E-state index contributed by atoms with van der Waals surface area (Å²) in [7, 11) is 5.90. The molecule has 0 aromatic rings. The number of carboxylic acids is 1. The largest absolute Gasteiger partial charge is 0.545 e. The van der Waals surface area contributed by atoms with Gasteiger partial charge in [-0.05, 0) is 103 Å². The topological polar surface area (TPSA) is 111 Å². The van der Waals surface area contributed by atoms with Crippen molar-refractivity contribution in [2.75, 3.05) is 47.5 Å². The molecule has 0 aliphatic carbocycles. The summed E-state index contributed by atoms with van der Waals surface area (Å²) in [4.78, 5) is 37.4. The minimum Gasteiger partial charge on any atom is -0.545 e. The Labute approximate surface area is 515 Å². The highest BCUT2D eigenvalue weighted by molar-refractivity contribution is 5.70. The van der Waals surface area contributed by atoms with Crippen molar-refractivity contribution in [3.63, 3.8) is 0 Å². The number of likely N-dealkylation sites (N-methyl/N-ethyl adjacent to an activating group) is 1. The molecule has 0 aliphatic heterocycles. The molecule has 9 nitrogen and oxygen atoms in total. The number of hydrogen-bond acceptors (Lipinski definition) is 8. The van der Waals surface area contributed by atoms with Crippen LogP contribution in [0.2, 0.25) is 0 Å². The Kier molecular flexibility index (Phi) is 60.5. The normalized spacial score (nSPS) is 13.7. The summed E-state index contributed by atoms with van der Waals surface area (Å²) < 4.78 is 22.7. The number of unbranched alkanes of at least 4 members (excludes halogenated alkanes) is 21. The number of quaternary nitrogens is 1. The lowest BCUT2D eigenvalue weighted by molar-refractivity contribution is -0.870. The van der Waals surface area contributed by atoms with Gasteiger partial charge in [0.15, 0.2) is 12.4 Å². The first-order valence-corrected chi connectivity index (χ1v) is 33.5. The Hall–Kier alpha value is -4.83. The van der Waals surface area contributed by atoms with Gasteiger partial charge in [0.1, 0.15) is 13.2 Å². The number of aliphatic carboxylic acids is 1. The fraction of sp³-hybridized carbons (Fsp3) is 0.640. The van der Waals surface area contributed by atoms with Crippen molar-refractivity contribution in [2.45, 2.75) is 264 Å². The number of carbonyl (C=O) groups is 3. The van der Waals surface area contributed by atoms with E-state index < -0.39 is 24.3 Å². The van der Waals surface area contributed by atoms with E-state index in [9.17, 15) is 19.5 Å². The van der Waals surface area contributed by atoms with E-state index in [0.29, 0.717) is 17.4 Å². The lowest BCUT2D eigenvalue weighted by Crippen LogP contribution is -2.44. The third-order valence-corrected chi connectivity index (χ3v) is 13.9. The number of esters is 2. The lowest BCUT2D eigenvalue weighted by atomic mass is 10.0. The van der Waals surface area contributed by atoms with E-state index in [-0.39, 0.29) is 38.6 Å². The quantitative estimate of drug-likeness (QED) is 0.0195. The van der Waals surface area contributed by atoms with Crippen LogP contribution in [-0.4, -0.2) is 82.3 Å². The molecule has 0 spiro atoms. The van der Waals surface area contributed by atoms with Gasteiger partial charge >= 0.3 is 11.9 Å². The molecule has 84 heavy (non-hydrogen) atoms. The van der Waals surface area contributed by atoms with Gasteiger partial charge in [-0.3, -0.25) is 9.59 Å². The van der Waals surface area contributed by atoms with Crippen molar-refractivity contribution in [1.29, 1.82) is 0 Å². The number of hydrogen-bond donors (Lipinski definition) is 0. The van der Waals surface area contributed by atoms with Crippen LogP contribution in [0.5, 0.6) is 0 Å². The molecule has 0 N–H and O–H groups in total. The lowest BCUT2D eigenvalue weighted by Gasteiger charge is -2.26. The number of nitrogens with zero attached hydrogens (tertiary/aromatic N) is 1. The van der Waals surface area contributed by atoms with Crippen molar-refractivity contribution < 1.29 is 42.9 Å². The van der Waals surface area contributed by atoms with Gasteiger partial charge < -0.3 is 33.3 Å². The van der Waals surface area contributed by atoms with Crippen LogP contribution in [0, 0.1) is 0 Å². The summed E-state index contributed by atoms with van der Waals surface area (Å²) in [5.41, 5.74) is 0. The Morgan fingerprint density at radius 3 is 1.01 bits per heavy atom. The van der Waals surface area contributed by atoms with Gasteiger partial charge in [0, 0.05) is 12.8 Å². The molecule has 0 saturated carbocycles. The van der Waals surface area contributed by atoms with Gasteiger partial charge in [0.05, 0.1) is 40.3 Å². The van der Waals surface area contributed by atoms with Crippen molar-refractivity contribution >= 4 is 17.9 Å². The van der Waals surface area contributed by atoms with Gasteiger partial charge in [0.2, 0.25) is 0 Å². The fourth-order valence-corrected chi connectivity index (χ4v) is 8.75. The number of rotatable bonds is 60.